The Labute approximate surface area is 108 Å². The maximum Gasteiger partial charge on any atom is 0.106 e. The van der Waals surface area contributed by atoms with Gasteiger partial charge in [0.15, 0.2) is 0 Å². The first kappa shape index (κ1) is 13.9. The van der Waals surface area contributed by atoms with Gasteiger partial charge in [0.25, 0.3) is 0 Å². The maximum absolute atomic E-state index is 5.70. The first-order valence-corrected chi connectivity index (χ1v) is 6.17. The first-order valence-electron chi connectivity index (χ1n) is 5.76. The Kier molecular flexibility index (Phi) is 5.38. The van der Waals surface area contributed by atoms with Gasteiger partial charge in [0.05, 0.1) is 12.7 Å². The van der Waals surface area contributed by atoms with Gasteiger partial charge < -0.3 is 15.8 Å². The summed E-state index contributed by atoms with van der Waals surface area (Å²) in [4.78, 5) is 0.418. The van der Waals surface area contributed by atoms with E-state index in [2.05, 4.69) is 5.32 Å². The van der Waals surface area contributed by atoms with E-state index >= 15 is 0 Å². The number of nitrogens with two attached hydrogens (primary N) is 1. The molecule has 0 fully saturated rings. The van der Waals surface area contributed by atoms with Gasteiger partial charge in [0.1, 0.15) is 4.99 Å². The fourth-order valence-corrected chi connectivity index (χ4v) is 1.67. The van der Waals surface area contributed by atoms with Gasteiger partial charge in [-0.2, -0.15) is 0 Å². The van der Waals surface area contributed by atoms with Gasteiger partial charge in [-0.25, -0.2) is 0 Å². The minimum Gasteiger partial charge on any atom is -0.389 e. The van der Waals surface area contributed by atoms with Crippen LogP contribution in [0.4, 0.5) is 5.69 Å². The van der Waals surface area contributed by atoms with E-state index in [4.69, 9.17) is 22.7 Å². The van der Waals surface area contributed by atoms with Crippen LogP contribution >= 0.6 is 12.2 Å². The van der Waals surface area contributed by atoms with Gasteiger partial charge in [0.2, 0.25) is 0 Å². The van der Waals surface area contributed by atoms with Crippen molar-refractivity contribution in [1.29, 1.82) is 0 Å². The van der Waals surface area contributed by atoms with E-state index in [1.807, 2.05) is 39.0 Å². The van der Waals surface area contributed by atoms with E-state index in [9.17, 15) is 0 Å². The highest BCUT2D eigenvalue weighted by Crippen LogP contribution is 2.17. The van der Waals surface area contributed by atoms with Gasteiger partial charge >= 0.3 is 0 Å². The van der Waals surface area contributed by atoms with Gasteiger partial charge in [-0.1, -0.05) is 23.8 Å². The molecule has 0 heterocycles. The predicted molar refractivity (Wildman–Crippen MR) is 76.6 cm³/mol. The van der Waals surface area contributed by atoms with E-state index in [1.54, 1.807) is 0 Å². The quantitative estimate of drug-likeness (QED) is 0.603. The molecule has 0 unspecified atom stereocenters. The van der Waals surface area contributed by atoms with Crippen LogP contribution in [0.3, 0.4) is 0 Å². The van der Waals surface area contributed by atoms with Crippen LogP contribution in [0.25, 0.3) is 0 Å². The molecule has 0 atom stereocenters. The van der Waals surface area contributed by atoms with Crippen molar-refractivity contribution in [2.75, 3.05) is 18.5 Å². The van der Waals surface area contributed by atoms with Crippen molar-refractivity contribution < 1.29 is 4.74 Å². The molecule has 0 bridgehead atoms. The molecule has 3 nitrogen and oxygen atoms in total. The fourth-order valence-electron chi connectivity index (χ4n) is 1.50. The summed E-state index contributed by atoms with van der Waals surface area (Å²) in [6.07, 6.45) is 0.255. The molecule has 0 radical (unpaired) electrons. The second kappa shape index (κ2) is 6.57. The number of rotatable bonds is 6. The summed E-state index contributed by atoms with van der Waals surface area (Å²) in [5, 5.41) is 3.28. The summed E-state index contributed by atoms with van der Waals surface area (Å²) in [6, 6.07) is 6.03. The lowest BCUT2D eigenvalue weighted by Crippen LogP contribution is -2.17. The largest absolute Gasteiger partial charge is 0.389 e. The average Bonchev–Trinajstić information content (AvgIpc) is 2.25. The number of ether oxygens (including phenoxy) is 1. The molecule has 17 heavy (non-hydrogen) atoms. The lowest BCUT2D eigenvalue weighted by Gasteiger charge is -2.13. The Balaban J connectivity index is 2.61. The smallest absolute Gasteiger partial charge is 0.106 e. The summed E-state index contributed by atoms with van der Waals surface area (Å²) >= 11 is 5.04. The highest BCUT2D eigenvalue weighted by Gasteiger charge is 2.05. The van der Waals surface area contributed by atoms with Crippen molar-refractivity contribution in [3.63, 3.8) is 0 Å². The van der Waals surface area contributed by atoms with E-state index in [0.717, 1.165) is 23.4 Å². The number of thiocarbonyl (C=S) groups is 1. The molecule has 0 saturated heterocycles. The van der Waals surface area contributed by atoms with Crippen LogP contribution in [0.15, 0.2) is 18.2 Å². The molecule has 1 aromatic rings. The third-order valence-electron chi connectivity index (χ3n) is 2.31. The molecule has 0 aliphatic heterocycles. The van der Waals surface area contributed by atoms with E-state index in [-0.39, 0.29) is 6.10 Å². The van der Waals surface area contributed by atoms with Crippen LogP contribution in [0.5, 0.6) is 0 Å². The summed E-state index contributed by atoms with van der Waals surface area (Å²) in [5.41, 5.74) is 8.71. The summed E-state index contributed by atoms with van der Waals surface area (Å²) in [7, 11) is 0. The molecule has 0 spiro atoms. The predicted octanol–water partition coefficient (Wildman–Crippen LogP) is 2.47. The molecule has 1 rings (SSSR count). The van der Waals surface area contributed by atoms with Gasteiger partial charge in [0, 0.05) is 17.8 Å². The standard InChI is InChI=1S/C13H20N2OS/c1-9(2)16-7-6-15-12-5-4-10(3)8-11(12)13(14)17/h4-5,8-9,15H,6-7H2,1-3H3,(H2,14,17). The normalized spacial score (nSPS) is 10.6. The van der Waals surface area contributed by atoms with Crippen molar-refractivity contribution in [1.82, 2.24) is 0 Å². The van der Waals surface area contributed by atoms with Gasteiger partial charge in [-0.3, -0.25) is 0 Å². The maximum atomic E-state index is 5.70. The van der Waals surface area contributed by atoms with Gasteiger partial charge in [-0.05, 0) is 32.9 Å². The molecule has 0 aliphatic rings. The molecular weight excluding hydrogens is 232 g/mol. The number of aryl methyl sites for hydroxylation is 1. The van der Waals surface area contributed by atoms with Crippen molar-refractivity contribution in [2.24, 2.45) is 5.73 Å². The second-order valence-corrected chi connectivity index (χ2v) is 4.70. The average molecular weight is 252 g/mol. The SMILES string of the molecule is Cc1ccc(NCCOC(C)C)c(C(N)=S)c1. The molecule has 0 saturated carbocycles. The molecule has 0 aliphatic carbocycles. The molecule has 0 amide bonds. The van der Waals surface area contributed by atoms with Crippen molar-refractivity contribution >= 4 is 22.9 Å². The third-order valence-corrected chi connectivity index (χ3v) is 2.53. The Morgan fingerprint density at radius 2 is 2.18 bits per heavy atom. The van der Waals surface area contributed by atoms with Crippen LogP contribution in [0, 0.1) is 6.92 Å². The van der Waals surface area contributed by atoms with Crippen LogP contribution in [-0.2, 0) is 4.74 Å². The van der Waals surface area contributed by atoms with Gasteiger partial charge in [-0.15, -0.1) is 0 Å². The van der Waals surface area contributed by atoms with E-state index in [0.29, 0.717) is 11.6 Å². The summed E-state index contributed by atoms with van der Waals surface area (Å²) in [6.45, 7) is 7.48. The van der Waals surface area contributed by atoms with E-state index in [1.165, 1.54) is 0 Å². The number of anilines is 1. The Hall–Kier alpha value is -1.13. The van der Waals surface area contributed by atoms with Crippen LogP contribution < -0.4 is 11.1 Å². The zero-order valence-electron chi connectivity index (χ0n) is 10.6. The van der Waals surface area contributed by atoms with Crippen molar-refractivity contribution in [3.8, 4) is 0 Å². The van der Waals surface area contributed by atoms with Crippen LogP contribution in [-0.4, -0.2) is 24.2 Å². The van der Waals surface area contributed by atoms with E-state index < -0.39 is 0 Å². The number of benzene rings is 1. The molecule has 3 N–H and O–H groups in total. The Morgan fingerprint density at radius 3 is 2.76 bits per heavy atom. The lowest BCUT2D eigenvalue weighted by atomic mass is 10.1. The minimum atomic E-state index is 0.255. The third kappa shape index (κ3) is 4.71. The monoisotopic (exact) mass is 252 g/mol. The fraction of sp³-hybridized carbons (Fsp3) is 0.462. The highest BCUT2D eigenvalue weighted by atomic mass is 32.1. The molecule has 4 heteroatoms. The molecule has 1 aromatic carbocycles. The Morgan fingerprint density at radius 1 is 1.47 bits per heavy atom. The summed E-state index contributed by atoms with van der Waals surface area (Å²) < 4.78 is 5.46. The first-order chi connectivity index (χ1) is 8.00. The second-order valence-electron chi connectivity index (χ2n) is 4.26. The van der Waals surface area contributed by atoms with Crippen LogP contribution in [0.1, 0.15) is 25.0 Å². The number of hydrogen-bond donors (Lipinski definition) is 2. The highest BCUT2D eigenvalue weighted by molar-refractivity contribution is 7.80. The van der Waals surface area contributed by atoms with Crippen molar-refractivity contribution in [3.05, 3.63) is 29.3 Å². The molecular formula is C13H20N2OS. The zero-order chi connectivity index (χ0) is 12.8. The summed E-state index contributed by atoms with van der Waals surface area (Å²) in [5.74, 6) is 0. The lowest BCUT2D eigenvalue weighted by molar-refractivity contribution is 0.0870. The van der Waals surface area contributed by atoms with Crippen LogP contribution in [0.2, 0.25) is 0 Å². The minimum absolute atomic E-state index is 0.255. The molecule has 0 aromatic heterocycles. The Bertz CT molecular complexity index is 391. The molecule has 94 valence electrons. The topological polar surface area (TPSA) is 47.3 Å². The number of hydrogen-bond acceptors (Lipinski definition) is 3. The number of nitrogens with one attached hydrogen (secondary N) is 1. The zero-order valence-corrected chi connectivity index (χ0v) is 11.4. The van der Waals surface area contributed by atoms with Crippen molar-refractivity contribution in [2.45, 2.75) is 26.9 Å².